The summed E-state index contributed by atoms with van der Waals surface area (Å²) in [5.41, 5.74) is -0.364. The van der Waals surface area contributed by atoms with Gasteiger partial charge >= 0.3 is 6.18 Å². The predicted octanol–water partition coefficient (Wildman–Crippen LogP) is 2.64. The topological polar surface area (TPSA) is 24.9 Å². The number of rotatable bonds is 4. The molecule has 90 valence electrons. The maximum absolute atomic E-state index is 12.4. The van der Waals surface area contributed by atoms with Gasteiger partial charge in [0.15, 0.2) is 0 Å². The Morgan fingerprint density at radius 3 is 2.62 bits per heavy atom. The lowest BCUT2D eigenvalue weighted by Crippen LogP contribution is -2.28. The Bertz CT molecular complexity index is 336. The summed E-state index contributed by atoms with van der Waals surface area (Å²) in [4.78, 5) is 3.60. The minimum absolute atomic E-state index is 0.126. The fourth-order valence-electron chi connectivity index (χ4n) is 1.49. The molecule has 1 rings (SSSR count). The fraction of sp³-hybridized carbons (Fsp3) is 0.545. The van der Waals surface area contributed by atoms with Gasteiger partial charge in [-0.2, -0.15) is 13.2 Å². The van der Waals surface area contributed by atoms with E-state index in [4.69, 9.17) is 0 Å². The van der Waals surface area contributed by atoms with Gasteiger partial charge in [0.2, 0.25) is 0 Å². The first kappa shape index (κ1) is 13.0. The molecule has 1 atom stereocenters. The molecule has 5 heteroatoms. The monoisotopic (exact) mass is 232 g/mol. The number of hydrogen-bond donors (Lipinski definition) is 1. The quantitative estimate of drug-likeness (QED) is 0.863. The van der Waals surface area contributed by atoms with Crippen LogP contribution < -0.4 is 5.32 Å². The van der Waals surface area contributed by atoms with E-state index < -0.39 is 11.9 Å². The van der Waals surface area contributed by atoms with Gasteiger partial charge in [-0.05, 0) is 25.6 Å². The van der Waals surface area contributed by atoms with Crippen LogP contribution in [0, 0.1) is 0 Å². The zero-order valence-corrected chi connectivity index (χ0v) is 9.30. The van der Waals surface area contributed by atoms with Crippen LogP contribution in [-0.2, 0) is 12.6 Å². The van der Waals surface area contributed by atoms with Gasteiger partial charge in [-0.25, -0.2) is 4.98 Å². The Morgan fingerprint density at radius 2 is 2.06 bits per heavy atom. The Hall–Kier alpha value is -1.10. The van der Waals surface area contributed by atoms with E-state index >= 15 is 0 Å². The zero-order valence-electron chi connectivity index (χ0n) is 9.30. The van der Waals surface area contributed by atoms with Crippen LogP contribution in [0.25, 0.3) is 0 Å². The summed E-state index contributed by atoms with van der Waals surface area (Å²) in [5.74, 6) is 0. The second-order valence-electron chi connectivity index (χ2n) is 3.67. The van der Waals surface area contributed by atoms with Crippen LogP contribution in [0.3, 0.4) is 0 Å². The molecule has 0 aliphatic carbocycles. The van der Waals surface area contributed by atoms with Gasteiger partial charge in [-0.1, -0.05) is 13.0 Å². The van der Waals surface area contributed by atoms with E-state index in [1.54, 1.807) is 6.07 Å². The van der Waals surface area contributed by atoms with Crippen LogP contribution in [-0.4, -0.2) is 17.6 Å². The van der Waals surface area contributed by atoms with Gasteiger partial charge in [-0.3, -0.25) is 0 Å². The van der Waals surface area contributed by atoms with Gasteiger partial charge in [0.1, 0.15) is 5.69 Å². The van der Waals surface area contributed by atoms with Crippen molar-refractivity contribution in [3.05, 3.63) is 29.6 Å². The largest absolute Gasteiger partial charge is 0.433 e. The highest BCUT2D eigenvalue weighted by molar-refractivity contribution is 5.14. The van der Waals surface area contributed by atoms with E-state index in [1.807, 2.05) is 13.8 Å². The number of alkyl halides is 3. The van der Waals surface area contributed by atoms with Crippen molar-refractivity contribution in [2.75, 3.05) is 6.54 Å². The summed E-state index contributed by atoms with van der Waals surface area (Å²) in [6.45, 7) is 4.67. The molecular formula is C11H15F3N2. The predicted molar refractivity (Wildman–Crippen MR) is 56.1 cm³/mol. The van der Waals surface area contributed by atoms with Crippen LogP contribution in [0.2, 0.25) is 0 Å². The van der Waals surface area contributed by atoms with Crippen molar-refractivity contribution in [3.8, 4) is 0 Å². The lowest BCUT2D eigenvalue weighted by atomic mass is 10.1. The first-order chi connectivity index (χ1) is 7.43. The molecule has 1 N–H and O–H groups in total. The third kappa shape index (κ3) is 3.81. The van der Waals surface area contributed by atoms with Crippen molar-refractivity contribution in [1.29, 1.82) is 0 Å². The lowest BCUT2D eigenvalue weighted by Gasteiger charge is -2.12. The number of nitrogens with one attached hydrogen (secondary N) is 1. The molecule has 0 spiro atoms. The standard InChI is InChI=1S/C11H15F3N2/c1-3-15-8(2)7-9-5-4-6-10(16-9)11(12,13)14/h4-6,8,15H,3,7H2,1-2H3. The second kappa shape index (κ2) is 5.30. The van der Waals surface area contributed by atoms with Gasteiger partial charge in [-0.15, -0.1) is 0 Å². The van der Waals surface area contributed by atoms with Crippen LogP contribution in [0.1, 0.15) is 25.2 Å². The van der Waals surface area contributed by atoms with Crippen molar-refractivity contribution < 1.29 is 13.2 Å². The summed E-state index contributed by atoms with van der Waals surface area (Å²) < 4.78 is 37.1. The maximum atomic E-state index is 12.4. The number of pyridine rings is 1. The molecule has 0 fully saturated rings. The molecule has 0 bridgehead atoms. The molecule has 0 aromatic carbocycles. The number of nitrogens with zero attached hydrogens (tertiary/aromatic N) is 1. The maximum Gasteiger partial charge on any atom is 0.433 e. The van der Waals surface area contributed by atoms with E-state index in [0.717, 1.165) is 12.6 Å². The molecule has 1 unspecified atom stereocenters. The smallest absolute Gasteiger partial charge is 0.314 e. The van der Waals surface area contributed by atoms with E-state index in [2.05, 4.69) is 10.3 Å². The molecule has 1 aromatic rings. The summed E-state index contributed by atoms with van der Waals surface area (Å²) in [7, 11) is 0. The van der Waals surface area contributed by atoms with E-state index in [9.17, 15) is 13.2 Å². The molecule has 0 saturated heterocycles. The highest BCUT2D eigenvalue weighted by Crippen LogP contribution is 2.27. The number of likely N-dealkylation sites (N-methyl/N-ethyl adjacent to an activating group) is 1. The van der Waals surface area contributed by atoms with Gasteiger partial charge in [0, 0.05) is 18.2 Å². The number of aromatic nitrogens is 1. The minimum Gasteiger partial charge on any atom is -0.314 e. The van der Waals surface area contributed by atoms with E-state index in [0.29, 0.717) is 12.1 Å². The average Bonchev–Trinajstić information content (AvgIpc) is 2.17. The van der Waals surface area contributed by atoms with Gasteiger partial charge in [0.25, 0.3) is 0 Å². The molecule has 0 aliphatic heterocycles. The van der Waals surface area contributed by atoms with Crippen molar-refractivity contribution in [3.63, 3.8) is 0 Å². The molecule has 0 aliphatic rings. The molecular weight excluding hydrogens is 217 g/mol. The summed E-state index contributed by atoms with van der Waals surface area (Å²) in [5, 5.41) is 3.13. The Balaban J connectivity index is 2.75. The zero-order chi connectivity index (χ0) is 12.2. The SMILES string of the molecule is CCNC(C)Cc1cccc(C(F)(F)F)n1. The number of halogens is 3. The summed E-state index contributed by atoms with van der Waals surface area (Å²) in [6, 6.07) is 4.12. The first-order valence-electron chi connectivity index (χ1n) is 5.20. The van der Waals surface area contributed by atoms with Crippen LogP contribution in [0.5, 0.6) is 0 Å². The molecule has 2 nitrogen and oxygen atoms in total. The van der Waals surface area contributed by atoms with E-state index in [1.165, 1.54) is 6.07 Å². The van der Waals surface area contributed by atoms with Gasteiger partial charge in [0.05, 0.1) is 0 Å². The Labute approximate surface area is 92.9 Å². The van der Waals surface area contributed by atoms with Crippen molar-refractivity contribution in [2.45, 2.75) is 32.5 Å². The molecule has 0 saturated carbocycles. The Kier molecular flexibility index (Phi) is 4.29. The highest BCUT2D eigenvalue weighted by Gasteiger charge is 2.32. The van der Waals surface area contributed by atoms with E-state index in [-0.39, 0.29) is 6.04 Å². The van der Waals surface area contributed by atoms with Crippen molar-refractivity contribution in [2.24, 2.45) is 0 Å². The van der Waals surface area contributed by atoms with Crippen molar-refractivity contribution in [1.82, 2.24) is 10.3 Å². The number of hydrogen-bond acceptors (Lipinski definition) is 2. The molecule has 0 amide bonds. The molecule has 1 heterocycles. The summed E-state index contributed by atoms with van der Waals surface area (Å²) in [6.07, 6.45) is -3.87. The third-order valence-electron chi connectivity index (χ3n) is 2.17. The van der Waals surface area contributed by atoms with Crippen LogP contribution in [0.4, 0.5) is 13.2 Å². The van der Waals surface area contributed by atoms with Gasteiger partial charge < -0.3 is 5.32 Å². The van der Waals surface area contributed by atoms with Crippen LogP contribution >= 0.6 is 0 Å². The van der Waals surface area contributed by atoms with Crippen molar-refractivity contribution >= 4 is 0 Å². The second-order valence-corrected chi connectivity index (χ2v) is 3.67. The summed E-state index contributed by atoms with van der Waals surface area (Å²) >= 11 is 0. The minimum atomic E-state index is -4.36. The average molecular weight is 232 g/mol. The molecule has 1 aromatic heterocycles. The molecule has 0 radical (unpaired) electrons. The van der Waals surface area contributed by atoms with Crippen LogP contribution in [0.15, 0.2) is 18.2 Å². The first-order valence-corrected chi connectivity index (χ1v) is 5.20. The normalized spacial score (nSPS) is 13.8. The fourth-order valence-corrected chi connectivity index (χ4v) is 1.49. The Morgan fingerprint density at radius 1 is 1.38 bits per heavy atom. The highest BCUT2D eigenvalue weighted by atomic mass is 19.4. The molecule has 16 heavy (non-hydrogen) atoms. The lowest BCUT2D eigenvalue weighted by molar-refractivity contribution is -0.141. The third-order valence-corrected chi connectivity index (χ3v) is 2.17.